The average Bonchev–Trinajstić information content (AvgIpc) is 3.30. The molecule has 9 nitrogen and oxygen atoms in total. The molecule has 0 saturated carbocycles. The molecular formula is C24H27ClN4O5. The highest BCUT2D eigenvalue weighted by atomic mass is 35.5. The van der Waals surface area contributed by atoms with Crippen molar-refractivity contribution in [2.45, 2.75) is 18.9 Å². The van der Waals surface area contributed by atoms with Crippen molar-refractivity contribution in [3.8, 4) is 11.1 Å². The third-order valence-corrected chi connectivity index (χ3v) is 5.38. The van der Waals surface area contributed by atoms with Crippen LogP contribution in [0.3, 0.4) is 0 Å². The zero-order valence-electron chi connectivity index (χ0n) is 18.7. The number of aliphatic hydroxyl groups is 1. The van der Waals surface area contributed by atoms with Crippen molar-refractivity contribution in [1.29, 1.82) is 0 Å². The summed E-state index contributed by atoms with van der Waals surface area (Å²) in [5.41, 5.74) is 3.11. The first-order chi connectivity index (χ1) is 16.5. The molecule has 1 heterocycles. The molecule has 2 aromatic carbocycles. The van der Waals surface area contributed by atoms with E-state index in [-0.39, 0.29) is 30.7 Å². The Kier molecular flexibility index (Phi) is 9.57. The van der Waals surface area contributed by atoms with E-state index in [0.717, 1.165) is 16.7 Å². The van der Waals surface area contributed by atoms with Crippen molar-refractivity contribution in [3.63, 3.8) is 0 Å². The molecule has 1 aromatic heterocycles. The molecule has 3 N–H and O–H groups in total. The molecule has 0 saturated heterocycles. The smallest absolute Gasteiger partial charge is 0.311 e. The van der Waals surface area contributed by atoms with Gasteiger partial charge in [-0.25, -0.2) is 0 Å². The van der Waals surface area contributed by atoms with E-state index in [4.69, 9.17) is 21.1 Å². The molecule has 0 spiro atoms. The molecule has 2 atom stereocenters. The molecule has 3 aromatic rings. The second-order valence-electron chi connectivity index (χ2n) is 7.67. The molecule has 0 unspecified atom stereocenters. The predicted octanol–water partition coefficient (Wildman–Crippen LogP) is 2.65. The SMILES string of the molecule is COCCOC(=O)[C@H](CO)C[C@@H](Cc1ccc(-c2ccccc2)cc1)NC(=O)c1nc(Cl)n[nH]1. The van der Waals surface area contributed by atoms with Crippen LogP contribution in [0.2, 0.25) is 5.28 Å². The highest BCUT2D eigenvalue weighted by Crippen LogP contribution is 2.21. The normalized spacial score (nSPS) is 12.7. The number of halogens is 1. The molecule has 180 valence electrons. The first kappa shape index (κ1) is 25.4. The minimum absolute atomic E-state index is 0.0438. The summed E-state index contributed by atoms with van der Waals surface area (Å²) in [6, 6.07) is 17.4. The first-order valence-corrected chi connectivity index (χ1v) is 11.2. The van der Waals surface area contributed by atoms with Crippen LogP contribution in [-0.4, -0.2) is 65.1 Å². The zero-order valence-corrected chi connectivity index (χ0v) is 19.5. The number of amides is 1. The standard InChI is InChI=1S/C24H27ClN4O5/c1-33-11-12-34-23(32)19(15-30)14-20(26-22(31)21-27-24(25)29-28-21)13-16-7-9-18(10-8-16)17-5-3-2-4-6-17/h2-10,19-20,30H,11-15H2,1H3,(H,26,31)(H,27,28,29)/t19-,20+/m0/s1. The van der Waals surface area contributed by atoms with Gasteiger partial charge in [0, 0.05) is 13.2 Å². The van der Waals surface area contributed by atoms with Crippen molar-refractivity contribution in [1.82, 2.24) is 20.5 Å². The van der Waals surface area contributed by atoms with Gasteiger partial charge in [0.1, 0.15) is 6.61 Å². The van der Waals surface area contributed by atoms with Gasteiger partial charge in [-0.05, 0) is 41.1 Å². The number of nitrogens with one attached hydrogen (secondary N) is 2. The van der Waals surface area contributed by atoms with Crippen LogP contribution in [0.4, 0.5) is 0 Å². The Morgan fingerprint density at radius 1 is 1.09 bits per heavy atom. The van der Waals surface area contributed by atoms with Crippen molar-refractivity contribution in [2.24, 2.45) is 5.92 Å². The number of aliphatic hydroxyl groups excluding tert-OH is 1. The number of benzene rings is 2. The molecule has 0 fully saturated rings. The van der Waals surface area contributed by atoms with Crippen molar-refractivity contribution >= 4 is 23.5 Å². The second-order valence-corrected chi connectivity index (χ2v) is 8.00. The largest absolute Gasteiger partial charge is 0.463 e. The fourth-order valence-corrected chi connectivity index (χ4v) is 3.60. The number of esters is 1. The van der Waals surface area contributed by atoms with E-state index >= 15 is 0 Å². The van der Waals surface area contributed by atoms with E-state index in [9.17, 15) is 14.7 Å². The van der Waals surface area contributed by atoms with E-state index in [1.807, 2.05) is 54.6 Å². The number of aromatic nitrogens is 3. The van der Waals surface area contributed by atoms with Crippen LogP contribution < -0.4 is 5.32 Å². The minimum Gasteiger partial charge on any atom is -0.463 e. The van der Waals surface area contributed by atoms with Crippen LogP contribution >= 0.6 is 11.6 Å². The van der Waals surface area contributed by atoms with Gasteiger partial charge in [-0.15, -0.1) is 5.10 Å². The first-order valence-electron chi connectivity index (χ1n) is 10.8. The maximum Gasteiger partial charge on any atom is 0.311 e. The molecule has 0 aliphatic rings. The lowest BCUT2D eigenvalue weighted by Gasteiger charge is -2.22. The predicted molar refractivity (Wildman–Crippen MR) is 126 cm³/mol. The van der Waals surface area contributed by atoms with Gasteiger partial charge in [0.15, 0.2) is 0 Å². The zero-order chi connectivity index (χ0) is 24.3. The van der Waals surface area contributed by atoms with Crippen molar-refractivity contribution in [3.05, 3.63) is 71.3 Å². The van der Waals surface area contributed by atoms with Crippen molar-refractivity contribution in [2.75, 3.05) is 26.9 Å². The summed E-state index contributed by atoms with van der Waals surface area (Å²) in [7, 11) is 1.50. The van der Waals surface area contributed by atoms with Gasteiger partial charge in [-0.2, -0.15) is 4.98 Å². The number of carbonyl (C=O) groups excluding carboxylic acids is 2. The summed E-state index contributed by atoms with van der Waals surface area (Å²) in [6.45, 7) is -0.0797. The van der Waals surface area contributed by atoms with Crippen LogP contribution in [0.25, 0.3) is 11.1 Å². The Balaban J connectivity index is 1.73. The fourth-order valence-electron chi connectivity index (χ4n) is 3.47. The number of rotatable bonds is 12. The lowest BCUT2D eigenvalue weighted by Crippen LogP contribution is -2.40. The number of carbonyl (C=O) groups is 2. The molecule has 0 aliphatic carbocycles. The third-order valence-electron chi connectivity index (χ3n) is 5.21. The van der Waals surface area contributed by atoms with Crippen LogP contribution in [0.1, 0.15) is 22.6 Å². The Labute approximate surface area is 202 Å². The minimum atomic E-state index is -0.816. The topological polar surface area (TPSA) is 126 Å². The molecule has 34 heavy (non-hydrogen) atoms. The Bertz CT molecular complexity index is 1060. The number of ether oxygens (including phenoxy) is 2. The molecule has 0 aliphatic heterocycles. The third kappa shape index (κ3) is 7.38. The van der Waals surface area contributed by atoms with Gasteiger partial charge >= 0.3 is 5.97 Å². The number of nitrogens with zero attached hydrogens (tertiary/aromatic N) is 2. The fraction of sp³-hybridized carbons (Fsp3) is 0.333. The number of hydrogen-bond acceptors (Lipinski definition) is 7. The molecule has 10 heteroatoms. The monoisotopic (exact) mass is 486 g/mol. The average molecular weight is 487 g/mol. The second kappa shape index (κ2) is 12.8. The highest BCUT2D eigenvalue weighted by Gasteiger charge is 2.26. The molecule has 1 amide bonds. The highest BCUT2D eigenvalue weighted by molar-refractivity contribution is 6.28. The number of aromatic amines is 1. The Hall–Kier alpha value is -3.27. The van der Waals surface area contributed by atoms with Gasteiger partial charge in [-0.1, -0.05) is 54.6 Å². The van der Waals surface area contributed by atoms with Gasteiger partial charge in [0.2, 0.25) is 11.1 Å². The van der Waals surface area contributed by atoms with Gasteiger partial charge in [0.25, 0.3) is 5.91 Å². The summed E-state index contributed by atoms with van der Waals surface area (Å²) in [5, 5.41) is 18.7. The number of H-pyrrole nitrogens is 1. The maximum absolute atomic E-state index is 12.6. The van der Waals surface area contributed by atoms with Crippen LogP contribution in [0, 0.1) is 5.92 Å². The Morgan fingerprint density at radius 3 is 2.41 bits per heavy atom. The van der Waals surface area contributed by atoms with E-state index in [1.165, 1.54) is 7.11 Å². The van der Waals surface area contributed by atoms with Crippen LogP contribution in [-0.2, 0) is 20.7 Å². The summed E-state index contributed by atoms with van der Waals surface area (Å²) < 4.78 is 10.0. The van der Waals surface area contributed by atoms with E-state index < -0.39 is 30.4 Å². The summed E-state index contributed by atoms with van der Waals surface area (Å²) in [4.78, 5) is 28.9. The molecule has 0 bridgehead atoms. The lowest BCUT2D eigenvalue weighted by atomic mass is 9.94. The Morgan fingerprint density at radius 2 is 1.79 bits per heavy atom. The van der Waals surface area contributed by atoms with Crippen molar-refractivity contribution < 1.29 is 24.2 Å². The van der Waals surface area contributed by atoms with E-state index in [1.54, 1.807) is 0 Å². The number of methoxy groups -OCH3 is 1. The van der Waals surface area contributed by atoms with Crippen LogP contribution in [0.5, 0.6) is 0 Å². The summed E-state index contributed by atoms with van der Waals surface area (Å²) in [6.07, 6.45) is 0.584. The van der Waals surface area contributed by atoms with Gasteiger partial charge < -0.3 is 19.9 Å². The maximum atomic E-state index is 12.6. The van der Waals surface area contributed by atoms with E-state index in [2.05, 4.69) is 20.5 Å². The molecule has 0 radical (unpaired) electrons. The molecular weight excluding hydrogens is 460 g/mol. The molecule has 3 rings (SSSR count). The van der Waals surface area contributed by atoms with E-state index in [0.29, 0.717) is 6.42 Å². The summed E-state index contributed by atoms with van der Waals surface area (Å²) >= 11 is 5.71. The lowest BCUT2D eigenvalue weighted by molar-refractivity contribution is -0.151. The van der Waals surface area contributed by atoms with Crippen LogP contribution in [0.15, 0.2) is 54.6 Å². The quantitative estimate of drug-likeness (QED) is 0.265. The number of hydrogen-bond donors (Lipinski definition) is 3. The van der Waals surface area contributed by atoms with Gasteiger partial charge in [0.05, 0.1) is 19.1 Å². The summed E-state index contributed by atoms with van der Waals surface area (Å²) in [5.74, 6) is -1.93. The van der Waals surface area contributed by atoms with Gasteiger partial charge in [-0.3, -0.25) is 14.7 Å².